The normalized spacial score (nSPS) is 18.1. The van der Waals surface area contributed by atoms with Crippen molar-refractivity contribution in [3.63, 3.8) is 0 Å². The molecule has 2 aromatic rings. The van der Waals surface area contributed by atoms with Gasteiger partial charge in [-0.2, -0.15) is 0 Å². The number of aromatic nitrogens is 1. The Morgan fingerprint density at radius 2 is 2.04 bits per heavy atom. The van der Waals surface area contributed by atoms with Gasteiger partial charge in [0.15, 0.2) is 0 Å². The Labute approximate surface area is 149 Å². The quantitative estimate of drug-likeness (QED) is 0.808. The predicted octanol–water partition coefficient (Wildman–Crippen LogP) is 3.62. The Bertz CT molecular complexity index is 679. The molecular formula is C21H26N2O2. The molecule has 0 bridgehead atoms. The van der Waals surface area contributed by atoms with Crippen LogP contribution in [-0.2, 0) is 16.0 Å². The van der Waals surface area contributed by atoms with Gasteiger partial charge in [-0.15, -0.1) is 0 Å². The number of rotatable bonds is 6. The molecular weight excluding hydrogens is 312 g/mol. The smallest absolute Gasteiger partial charge is 0.228 e. The number of hydrogen-bond acceptors (Lipinski definition) is 3. The number of carbonyl (C=O) groups excluding carboxylic acids is 1. The van der Waals surface area contributed by atoms with Gasteiger partial charge in [-0.05, 0) is 42.5 Å². The molecule has 3 rings (SSSR count). The zero-order valence-corrected chi connectivity index (χ0v) is 15.0. The summed E-state index contributed by atoms with van der Waals surface area (Å²) in [5.41, 5.74) is 3.47. The Morgan fingerprint density at radius 3 is 2.60 bits per heavy atom. The van der Waals surface area contributed by atoms with Crippen molar-refractivity contribution in [2.45, 2.75) is 32.7 Å². The Kier molecular flexibility index (Phi) is 5.82. The second kappa shape index (κ2) is 8.26. The summed E-state index contributed by atoms with van der Waals surface area (Å²) in [4.78, 5) is 19.4. The molecule has 1 aliphatic heterocycles. The summed E-state index contributed by atoms with van der Waals surface area (Å²) in [7, 11) is 0. The summed E-state index contributed by atoms with van der Waals surface area (Å²) in [5, 5.41) is 0. The molecule has 0 N–H and O–H groups in total. The number of aryl methyl sites for hydroxylation is 1. The van der Waals surface area contributed by atoms with Crippen molar-refractivity contribution in [1.29, 1.82) is 0 Å². The maximum atomic E-state index is 13.1. The first kappa shape index (κ1) is 17.6. The second-order valence-electron chi connectivity index (χ2n) is 6.47. The van der Waals surface area contributed by atoms with E-state index in [1.165, 1.54) is 5.56 Å². The molecule has 1 amide bonds. The molecule has 4 heteroatoms. The second-order valence-corrected chi connectivity index (χ2v) is 6.47. The maximum absolute atomic E-state index is 13.1. The van der Waals surface area contributed by atoms with Crippen molar-refractivity contribution in [2.24, 2.45) is 5.92 Å². The van der Waals surface area contributed by atoms with Crippen LogP contribution in [0.3, 0.4) is 0 Å². The van der Waals surface area contributed by atoms with Gasteiger partial charge >= 0.3 is 0 Å². The number of carbonyl (C=O) groups is 1. The number of amides is 1. The van der Waals surface area contributed by atoms with Gasteiger partial charge in [0.2, 0.25) is 5.91 Å². The van der Waals surface area contributed by atoms with Crippen LogP contribution < -0.4 is 0 Å². The van der Waals surface area contributed by atoms with Crippen LogP contribution in [0.15, 0.2) is 48.8 Å². The summed E-state index contributed by atoms with van der Waals surface area (Å²) in [6, 6.07) is 12.4. The third kappa shape index (κ3) is 3.90. The average molecular weight is 338 g/mol. The van der Waals surface area contributed by atoms with Crippen LogP contribution in [0.1, 0.15) is 43.0 Å². The van der Waals surface area contributed by atoms with E-state index in [-0.39, 0.29) is 17.9 Å². The average Bonchev–Trinajstić information content (AvgIpc) is 3.21. The molecule has 0 aliphatic carbocycles. The van der Waals surface area contributed by atoms with Gasteiger partial charge in [-0.1, -0.05) is 37.3 Å². The standard InChI is InChI=1S/C21H26N2O2/c1-3-16-7-9-17(10-8-16)20(18-6-5-12-22-14-18)23(4-2)21(24)19-11-13-25-15-19/h5-10,12,14,19-20H,3-4,11,13,15H2,1-2H3/t19-,20-/m0/s1. The molecule has 0 spiro atoms. The van der Waals surface area contributed by atoms with Crippen LogP contribution in [0, 0.1) is 5.92 Å². The van der Waals surface area contributed by atoms with E-state index in [4.69, 9.17) is 4.74 Å². The molecule has 2 heterocycles. The van der Waals surface area contributed by atoms with Gasteiger partial charge in [-0.3, -0.25) is 9.78 Å². The van der Waals surface area contributed by atoms with Crippen LogP contribution in [0.25, 0.3) is 0 Å². The summed E-state index contributed by atoms with van der Waals surface area (Å²) < 4.78 is 5.43. The van der Waals surface area contributed by atoms with Crippen LogP contribution in [-0.4, -0.2) is 35.5 Å². The van der Waals surface area contributed by atoms with E-state index >= 15 is 0 Å². The van der Waals surface area contributed by atoms with E-state index in [1.807, 2.05) is 30.2 Å². The zero-order valence-electron chi connectivity index (χ0n) is 15.0. The predicted molar refractivity (Wildman–Crippen MR) is 98.2 cm³/mol. The fraction of sp³-hybridized carbons (Fsp3) is 0.429. The van der Waals surface area contributed by atoms with Crippen molar-refractivity contribution < 1.29 is 9.53 Å². The Balaban J connectivity index is 1.98. The first-order chi connectivity index (χ1) is 12.2. The van der Waals surface area contributed by atoms with E-state index in [1.54, 1.807) is 6.20 Å². The van der Waals surface area contributed by atoms with Crippen LogP contribution in [0.4, 0.5) is 0 Å². The Morgan fingerprint density at radius 1 is 1.24 bits per heavy atom. The summed E-state index contributed by atoms with van der Waals surface area (Å²) in [6.07, 6.45) is 5.45. The third-order valence-corrected chi connectivity index (χ3v) is 4.92. The topological polar surface area (TPSA) is 42.4 Å². The largest absolute Gasteiger partial charge is 0.381 e. The molecule has 1 saturated heterocycles. The SMILES string of the molecule is CCc1ccc([C@@H](c2cccnc2)N(CC)C(=O)[C@H]2CCOC2)cc1. The van der Waals surface area contributed by atoms with Crippen LogP contribution in [0.2, 0.25) is 0 Å². The number of nitrogens with zero attached hydrogens (tertiary/aromatic N) is 2. The van der Waals surface area contributed by atoms with Crippen molar-refractivity contribution in [3.8, 4) is 0 Å². The zero-order chi connectivity index (χ0) is 17.6. The first-order valence-corrected chi connectivity index (χ1v) is 9.11. The molecule has 1 aromatic heterocycles. The number of benzene rings is 1. The van der Waals surface area contributed by atoms with E-state index in [0.29, 0.717) is 19.8 Å². The molecule has 1 fully saturated rings. The lowest BCUT2D eigenvalue weighted by atomic mass is 9.95. The fourth-order valence-corrected chi connectivity index (χ4v) is 3.46. The molecule has 2 atom stereocenters. The molecule has 132 valence electrons. The molecule has 0 saturated carbocycles. The van der Waals surface area contributed by atoms with Gasteiger partial charge in [0, 0.05) is 25.5 Å². The minimum Gasteiger partial charge on any atom is -0.381 e. The molecule has 0 unspecified atom stereocenters. The van der Waals surface area contributed by atoms with E-state index in [9.17, 15) is 4.79 Å². The highest BCUT2D eigenvalue weighted by atomic mass is 16.5. The maximum Gasteiger partial charge on any atom is 0.228 e. The van der Waals surface area contributed by atoms with Crippen molar-refractivity contribution in [3.05, 3.63) is 65.5 Å². The summed E-state index contributed by atoms with van der Waals surface area (Å²) in [5.74, 6) is 0.141. The van der Waals surface area contributed by atoms with Gasteiger partial charge in [0.1, 0.15) is 0 Å². The van der Waals surface area contributed by atoms with E-state index < -0.39 is 0 Å². The highest BCUT2D eigenvalue weighted by Gasteiger charge is 2.32. The number of pyridine rings is 1. The van der Waals surface area contributed by atoms with Gasteiger partial charge in [-0.25, -0.2) is 0 Å². The monoisotopic (exact) mass is 338 g/mol. The van der Waals surface area contributed by atoms with Gasteiger partial charge < -0.3 is 9.64 Å². The van der Waals surface area contributed by atoms with Gasteiger partial charge in [0.05, 0.1) is 18.6 Å². The van der Waals surface area contributed by atoms with Crippen molar-refractivity contribution in [1.82, 2.24) is 9.88 Å². The summed E-state index contributed by atoms with van der Waals surface area (Å²) in [6.45, 7) is 6.05. The van der Waals surface area contributed by atoms with Gasteiger partial charge in [0.25, 0.3) is 0 Å². The minimum absolute atomic E-state index is 0.0333. The van der Waals surface area contributed by atoms with Crippen LogP contribution in [0.5, 0.6) is 0 Å². The van der Waals surface area contributed by atoms with Crippen LogP contribution >= 0.6 is 0 Å². The molecule has 1 aromatic carbocycles. The minimum atomic E-state index is -0.113. The molecule has 1 aliphatic rings. The molecule has 0 radical (unpaired) electrons. The lowest BCUT2D eigenvalue weighted by Gasteiger charge is -2.33. The fourth-order valence-electron chi connectivity index (χ4n) is 3.46. The number of hydrogen-bond donors (Lipinski definition) is 0. The first-order valence-electron chi connectivity index (χ1n) is 9.11. The lowest BCUT2D eigenvalue weighted by Crippen LogP contribution is -2.39. The molecule has 25 heavy (non-hydrogen) atoms. The highest BCUT2D eigenvalue weighted by molar-refractivity contribution is 5.80. The summed E-state index contributed by atoms with van der Waals surface area (Å²) >= 11 is 0. The third-order valence-electron chi connectivity index (χ3n) is 4.92. The lowest BCUT2D eigenvalue weighted by molar-refractivity contribution is -0.137. The van der Waals surface area contributed by atoms with Crippen molar-refractivity contribution >= 4 is 5.91 Å². The van der Waals surface area contributed by atoms with Crippen molar-refractivity contribution in [2.75, 3.05) is 19.8 Å². The van der Waals surface area contributed by atoms with E-state index in [2.05, 4.69) is 36.2 Å². The molecule has 4 nitrogen and oxygen atoms in total. The number of ether oxygens (including phenoxy) is 1. The van der Waals surface area contributed by atoms with E-state index in [0.717, 1.165) is 24.0 Å². The Hall–Kier alpha value is -2.20. The highest BCUT2D eigenvalue weighted by Crippen LogP contribution is 2.31.